The number of aromatic hydroxyl groups is 2. The maximum atomic E-state index is 12.8. The molecule has 0 saturated carbocycles. The molecule has 0 amide bonds. The zero-order chi connectivity index (χ0) is 17.4. The number of carbonyl (C=O) groups is 2. The SMILES string of the molecule is CC(=O)O[C@H]1C(=O)c2c(cc(O)c(C)c2O)O[C@@H]1c1ccccc1. The number of phenolic OH excluding ortho intramolecular Hbond substituents is 2. The Hall–Kier alpha value is -3.02. The minimum Gasteiger partial charge on any atom is -0.507 e. The summed E-state index contributed by atoms with van der Waals surface area (Å²) < 4.78 is 11.0. The van der Waals surface area contributed by atoms with Crippen molar-refractivity contribution in [3.05, 3.63) is 53.1 Å². The van der Waals surface area contributed by atoms with Crippen LogP contribution in [0.4, 0.5) is 0 Å². The van der Waals surface area contributed by atoms with Crippen molar-refractivity contribution in [2.24, 2.45) is 0 Å². The van der Waals surface area contributed by atoms with E-state index in [9.17, 15) is 19.8 Å². The van der Waals surface area contributed by atoms with Crippen LogP contribution in [-0.4, -0.2) is 28.1 Å². The number of fused-ring (bicyclic) bond motifs is 1. The molecule has 3 rings (SSSR count). The van der Waals surface area contributed by atoms with Crippen molar-refractivity contribution < 1.29 is 29.3 Å². The molecule has 0 saturated heterocycles. The molecule has 2 aromatic rings. The lowest BCUT2D eigenvalue weighted by Crippen LogP contribution is -2.39. The second-order valence-corrected chi connectivity index (χ2v) is 5.59. The maximum Gasteiger partial charge on any atom is 0.303 e. The van der Waals surface area contributed by atoms with Gasteiger partial charge in [0.1, 0.15) is 22.8 Å². The molecule has 1 heterocycles. The Labute approximate surface area is 138 Å². The molecule has 0 radical (unpaired) electrons. The molecule has 2 atom stereocenters. The number of phenols is 2. The Morgan fingerprint density at radius 2 is 1.88 bits per heavy atom. The summed E-state index contributed by atoms with van der Waals surface area (Å²) in [5.41, 5.74) is 0.705. The predicted molar refractivity (Wildman–Crippen MR) is 84.2 cm³/mol. The molecule has 0 spiro atoms. The summed E-state index contributed by atoms with van der Waals surface area (Å²) in [4.78, 5) is 24.2. The first kappa shape index (κ1) is 15.9. The van der Waals surface area contributed by atoms with Crippen LogP contribution in [0.5, 0.6) is 17.2 Å². The highest BCUT2D eigenvalue weighted by Crippen LogP contribution is 2.44. The number of ether oxygens (including phenoxy) is 2. The Balaban J connectivity index is 2.15. The van der Waals surface area contributed by atoms with Gasteiger partial charge in [0.25, 0.3) is 0 Å². The van der Waals surface area contributed by atoms with E-state index in [1.54, 1.807) is 24.3 Å². The van der Waals surface area contributed by atoms with Crippen molar-refractivity contribution in [1.82, 2.24) is 0 Å². The van der Waals surface area contributed by atoms with Crippen LogP contribution < -0.4 is 4.74 Å². The Bertz CT molecular complexity index is 812. The van der Waals surface area contributed by atoms with Crippen LogP contribution in [0.2, 0.25) is 0 Å². The number of Topliss-reactive ketones (excluding diaryl/α,β-unsaturated/α-hetero) is 1. The van der Waals surface area contributed by atoms with Gasteiger partial charge in [-0.2, -0.15) is 0 Å². The maximum absolute atomic E-state index is 12.8. The topological polar surface area (TPSA) is 93.1 Å². The molecule has 0 unspecified atom stereocenters. The van der Waals surface area contributed by atoms with Crippen LogP contribution in [0.15, 0.2) is 36.4 Å². The van der Waals surface area contributed by atoms with E-state index in [1.165, 1.54) is 19.9 Å². The molecule has 2 aromatic carbocycles. The molecular weight excluding hydrogens is 312 g/mol. The number of esters is 1. The number of hydrogen-bond acceptors (Lipinski definition) is 6. The van der Waals surface area contributed by atoms with Crippen LogP contribution in [-0.2, 0) is 9.53 Å². The molecule has 0 aromatic heterocycles. The molecule has 1 aliphatic heterocycles. The van der Waals surface area contributed by atoms with Gasteiger partial charge in [-0.25, -0.2) is 0 Å². The normalized spacial score (nSPS) is 19.3. The van der Waals surface area contributed by atoms with Crippen molar-refractivity contribution >= 4 is 11.8 Å². The van der Waals surface area contributed by atoms with Crippen LogP contribution in [0.1, 0.15) is 34.5 Å². The average molecular weight is 328 g/mol. The molecule has 2 N–H and O–H groups in total. The third-order valence-corrected chi connectivity index (χ3v) is 3.95. The molecule has 0 aliphatic carbocycles. The van der Waals surface area contributed by atoms with Gasteiger partial charge in [-0.05, 0) is 12.5 Å². The highest BCUT2D eigenvalue weighted by atomic mass is 16.6. The van der Waals surface area contributed by atoms with Gasteiger partial charge in [0, 0.05) is 18.6 Å². The fraction of sp³-hybridized carbons (Fsp3) is 0.222. The highest BCUT2D eigenvalue weighted by molar-refractivity contribution is 6.06. The smallest absolute Gasteiger partial charge is 0.303 e. The van der Waals surface area contributed by atoms with Gasteiger partial charge in [-0.3, -0.25) is 9.59 Å². The first-order valence-electron chi connectivity index (χ1n) is 7.38. The zero-order valence-corrected chi connectivity index (χ0v) is 13.1. The van der Waals surface area contributed by atoms with Gasteiger partial charge >= 0.3 is 5.97 Å². The van der Waals surface area contributed by atoms with Crippen molar-refractivity contribution in [2.45, 2.75) is 26.1 Å². The summed E-state index contributed by atoms with van der Waals surface area (Å²) in [5.74, 6) is -1.70. The molecule has 0 fully saturated rings. The quantitative estimate of drug-likeness (QED) is 0.823. The molecule has 1 aliphatic rings. The van der Waals surface area contributed by atoms with Crippen LogP contribution in [0.25, 0.3) is 0 Å². The lowest BCUT2D eigenvalue weighted by Gasteiger charge is -2.32. The van der Waals surface area contributed by atoms with E-state index >= 15 is 0 Å². The first-order valence-corrected chi connectivity index (χ1v) is 7.38. The minimum atomic E-state index is -1.22. The summed E-state index contributed by atoms with van der Waals surface area (Å²) in [6.45, 7) is 2.68. The monoisotopic (exact) mass is 328 g/mol. The lowest BCUT2D eigenvalue weighted by molar-refractivity contribution is -0.148. The first-order chi connectivity index (χ1) is 11.4. The summed E-state index contributed by atoms with van der Waals surface area (Å²) >= 11 is 0. The minimum absolute atomic E-state index is 0.0536. The third-order valence-electron chi connectivity index (χ3n) is 3.95. The standard InChI is InChI=1S/C18H16O6/c1-9-12(20)8-13-14(15(9)21)16(22)18(23-10(2)19)17(24-13)11-6-4-3-5-7-11/h3-8,17-18,20-21H,1-2H3/t17-,18+/m1/s1. The van der Waals surface area contributed by atoms with Gasteiger partial charge in [-0.1, -0.05) is 30.3 Å². The summed E-state index contributed by atoms with van der Waals surface area (Å²) in [7, 11) is 0. The largest absolute Gasteiger partial charge is 0.507 e. The van der Waals surface area contributed by atoms with E-state index in [1.807, 2.05) is 6.07 Å². The molecule has 0 bridgehead atoms. The van der Waals surface area contributed by atoms with E-state index in [-0.39, 0.29) is 28.4 Å². The Morgan fingerprint density at radius 3 is 2.50 bits per heavy atom. The molecule has 6 nitrogen and oxygen atoms in total. The van der Waals surface area contributed by atoms with E-state index in [0.717, 1.165) is 0 Å². The molecule has 6 heteroatoms. The Kier molecular flexibility index (Phi) is 3.89. The van der Waals surface area contributed by atoms with E-state index in [0.29, 0.717) is 5.56 Å². The number of rotatable bonds is 2. The van der Waals surface area contributed by atoms with Crippen LogP contribution in [0, 0.1) is 6.92 Å². The lowest BCUT2D eigenvalue weighted by atomic mass is 9.91. The molecular formula is C18H16O6. The molecule has 24 heavy (non-hydrogen) atoms. The molecule has 124 valence electrons. The highest BCUT2D eigenvalue weighted by Gasteiger charge is 2.43. The van der Waals surface area contributed by atoms with Gasteiger partial charge < -0.3 is 19.7 Å². The van der Waals surface area contributed by atoms with Crippen molar-refractivity contribution in [1.29, 1.82) is 0 Å². The van der Waals surface area contributed by atoms with Crippen molar-refractivity contribution in [3.8, 4) is 17.2 Å². The van der Waals surface area contributed by atoms with Crippen LogP contribution in [0.3, 0.4) is 0 Å². The van der Waals surface area contributed by atoms with Crippen molar-refractivity contribution in [2.75, 3.05) is 0 Å². The predicted octanol–water partition coefficient (Wildman–Crippen LogP) is 2.65. The zero-order valence-electron chi connectivity index (χ0n) is 13.1. The number of hydrogen-bond donors (Lipinski definition) is 2. The second-order valence-electron chi connectivity index (χ2n) is 5.59. The number of carbonyl (C=O) groups excluding carboxylic acids is 2. The van der Waals surface area contributed by atoms with E-state index < -0.39 is 24.0 Å². The fourth-order valence-electron chi connectivity index (χ4n) is 2.72. The van der Waals surface area contributed by atoms with E-state index in [2.05, 4.69) is 0 Å². The Morgan fingerprint density at radius 1 is 1.21 bits per heavy atom. The van der Waals surface area contributed by atoms with Crippen LogP contribution >= 0.6 is 0 Å². The van der Waals surface area contributed by atoms with Gasteiger partial charge in [0.15, 0.2) is 6.10 Å². The van der Waals surface area contributed by atoms with Gasteiger partial charge in [-0.15, -0.1) is 0 Å². The van der Waals surface area contributed by atoms with Gasteiger partial charge in [0.05, 0.1) is 0 Å². The summed E-state index contributed by atoms with van der Waals surface area (Å²) in [6.07, 6.45) is -2.08. The average Bonchev–Trinajstić information content (AvgIpc) is 2.55. The summed E-state index contributed by atoms with van der Waals surface area (Å²) in [5, 5.41) is 20.1. The fourth-order valence-corrected chi connectivity index (χ4v) is 2.72. The van der Waals surface area contributed by atoms with Gasteiger partial charge in [0.2, 0.25) is 11.9 Å². The number of benzene rings is 2. The third kappa shape index (κ3) is 2.56. The van der Waals surface area contributed by atoms with E-state index in [4.69, 9.17) is 9.47 Å². The van der Waals surface area contributed by atoms with Crippen molar-refractivity contribution in [3.63, 3.8) is 0 Å². The number of ketones is 1. The summed E-state index contributed by atoms with van der Waals surface area (Å²) in [6, 6.07) is 10.1. The second kappa shape index (κ2) is 5.88.